The number of likely N-dealkylation sites (tertiary alicyclic amines) is 1. The van der Waals surface area contributed by atoms with Crippen molar-refractivity contribution < 1.29 is 14.3 Å². The van der Waals surface area contributed by atoms with Crippen LogP contribution in [-0.4, -0.2) is 57.9 Å². The zero-order valence-electron chi connectivity index (χ0n) is 22.2. The molecule has 1 atom stereocenters. The van der Waals surface area contributed by atoms with Crippen LogP contribution < -0.4 is 4.74 Å². The Morgan fingerprint density at radius 2 is 1.74 bits per heavy atom. The molecule has 1 fully saturated rings. The summed E-state index contributed by atoms with van der Waals surface area (Å²) in [6, 6.07) is 17.1. The van der Waals surface area contributed by atoms with Gasteiger partial charge in [-0.3, -0.25) is 9.59 Å². The summed E-state index contributed by atoms with van der Waals surface area (Å²) in [5.41, 5.74) is 3.14. The molecule has 0 aromatic heterocycles. The summed E-state index contributed by atoms with van der Waals surface area (Å²) in [6.07, 6.45) is 2.39. The number of nitrogens with zero attached hydrogens (tertiary/aromatic N) is 4. The summed E-state index contributed by atoms with van der Waals surface area (Å²) in [7, 11) is 0. The van der Waals surface area contributed by atoms with Gasteiger partial charge < -0.3 is 19.4 Å². The number of para-hydroxylation sites is 1. The van der Waals surface area contributed by atoms with Crippen LogP contribution in [0.15, 0.2) is 82.0 Å². The molecule has 2 aromatic rings. The van der Waals surface area contributed by atoms with Crippen LogP contribution in [0, 0.1) is 0 Å². The first kappa shape index (κ1) is 26.1. The number of carbonyl (C=O) groups excluding carboxylic acids is 2. The van der Waals surface area contributed by atoms with Gasteiger partial charge in [0.25, 0.3) is 5.91 Å². The fraction of sp³-hybridized carbons (Fsp3) is 0.367. The largest absolute Gasteiger partial charge is 0.457 e. The maximum absolute atomic E-state index is 13.9. The van der Waals surface area contributed by atoms with Crippen molar-refractivity contribution in [3.05, 3.63) is 82.5 Å². The van der Waals surface area contributed by atoms with E-state index >= 15 is 0 Å². The molecular formula is C30H34N4O3S. The number of benzene rings is 2. The van der Waals surface area contributed by atoms with Gasteiger partial charge in [0.2, 0.25) is 5.91 Å². The SMILES string of the molecule is CCN(CC)C(=O)C1=C(C)N=C2SC=C(CC(=O)N3CCCC3)N2C1c1cccc(Oc2ccccc2)c1. The Morgan fingerprint density at radius 1 is 1.03 bits per heavy atom. The van der Waals surface area contributed by atoms with Crippen molar-refractivity contribution in [2.24, 2.45) is 4.99 Å². The van der Waals surface area contributed by atoms with Gasteiger partial charge in [0.15, 0.2) is 5.17 Å². The molecule has 3 aliphatic heterocycles. The number of rotatable bonds is 8. The molecule has 2 amide bonds. The minimum absolute atomic E-state index is 0.0307. The summed E-state index contributed by atoms with van der Waals surface area (Å²) in [6.45, 7) is 8.73. The average molecular weight is 531 g/mol. The first-order chi connectivity index (χ1) is 18.5. The lowest BCUT2D eigenvalue weighted by molar-refractivity contribution is -0.129. The minimum atomic E-state index is -0.414. The van der Waals surface area contributed by atoms with Crippen molar-refractivity contribution in [2.45, 2.75) is 46.1 Å². The monoisotopic (exact) mass is 530 g/mol. The molecule has 1 unspecified atom stereocenters. The number of thioether (sulfide) groups is 1. The van der Waals surface area contributed by atoms with Crippen LogP contribution in [0.2, 0.25) is 0 Å². The standard InChI is InChI=1S/C30H34N4O3S/c1-4-32(5-2)29(36)27-21(3)31-30-34(23(20-38-30)19-26(35)33-16-9-10-17-33)28(27)22-12-11-15-25(18-22)37-24-13-7-6-8-14-24/h6-8,11-15,18,20,28H,4-5,9-10,16-17,19H2,1-3H3. The third-order valence-corrected chi connectivity index (χ3v) is 8.11. The van der Waals surface area contributed by atoms with E-state index in [0.717, 1.165) is 48.1 Å². The van der Waals surface area contributed by atoms with Crippen LogP contribution in [0.5, 0.6) is 11.5 Å². The van der Waals surface area contributed by atoms with Crippen LogP contribution in [0.4, 0.5) is 0 Å². The molecule has 7 nitrogen and oxygen atoms in total. The lowest BCUT2D eigenvalue weighted by Gasteiger charge is -2.38. The van der Waals surface area contributed by atoms with E-state index in [-0.39, 0.29) is 18.2 Å². The van der Waals surface area contributed by atoms with Crippen molar-refractivity contribution in [1.82, 2.24) is 14.7 Å². The molecular weight excluding hydrogens is 496 g/mol. The maximum atomic E-state index is 13.9. The van der Waals surface area contributed by atoms with Crippen molar-refractivity contribution in [3.63, 3.8) is 0 Å². The maximum Gasteiger partial charge on any atom is 0.254 e. The lowest BCUT2D eigenvalue weighted by Crippen LogP contribution is -2.42. The molecule has 5 rings (SSSR count). The van der Waals surface area contributed by atoms with Gasteiger partial charge in [-0.1, -0.05) is 42.1 Å². The van der Waals surface area contributed by atoms with Crippen molar-refractivity contribution in [1.29, 1.82) is 0 Å². The van der Waals surface area contributed by atoms with Gasteiger partial charge in [0, 0.05) is 31.9 Å². The fourth-order valence-electron chi connectivity index (χ4n) is 5.25. The van der Waals surface area contributed by atoms with Crippen molar-refractivity contribution in [3.8, 4) is 11.5 Å². The number of amidine groups is 1. The van der Waals surface area contributed by atoms with Gasteiger partial charge >= 0.3 is 0 Å². The number of likely N-dealkylation sites (N-methyl/N-ethyl adjacent to an activating group) is 1. The molecule has 3 aliphatic rings. The number of carbonyl (C=O) groups is 2. The molecule has 0 aliphatic carbocycles. The number of hydrogen-bond donors (Lipinski definition) is 0. The van der Waals surface area contributed by atoms with E-state index in [0.29, 0.717) is 30.1 Å². The van der Waals surface area contributed by atoms with Crippen LogP contribution in [0.1, 0.15) is 51.6 Å². The molecule has 2 aromatic carbocycles. The van der Waals surface area contributed by atoms with E-state index in [1.807, 2.05) is 90.6 Å². The van der Waals surface area contributed by atoms with E-state index in [1.54, 1.807) is 0 Å². The zero-order valence-corrected chi connectivity index (χ0v) is 23.0. The van der Waals surface area contributed by atoms with E-state index in [2.05, 4.69) is 4.90 Å². The zero-order chi connectivity index (χ0) is 26.6. The van der Waals surface area contributed by atoms with Gasteiger partial charge in [-0.15, -0.1) is 0 Å². The smallest absolute Gasteiger partial charge is 0.254 e. The molecule has 1 saturated heterocycles. The van der Waals surface area contributed by atoms with Gasteiger partial charge in [-0.05, 0) is 68.8 Å². The molecule has 8 heteroatoms. The molecule has 3 heterocycles. The second-order valence-corrected chi connectivity index (χ2v) is 10.5. The second kappa shape index (κ2) is 11.5. The molecule has 0 saturated carbocycles. The van der Waals surface area contributed by atoms with E-state index in [9.17, 15) is 9.59 Å². The highest BCUT2D eigenvalue weighted by Gasteiger charge is 2.41. The lowest BCUT2D eigenvalue weighted by atomic mass is 9.92. The molecule has 198 valence electrons. The second-order valence-electron chi connectivity index (χ2n) is 9.62. The highest BCUT2D eigenvalue weighted by atomic mass is 32.2. The van der Waals surface area contributed by atoms with Crippen LogP contribution in [0.25, 0.3) is 0 Å². The Balaban J connectivity index is 1.54. The summed E-state index contributed by atoms with van der Waals surface area (Å²) in [5, 5.41) is 2.81. The fourth-order valence-corrected chi connectivity index (χ4v) is 6.21. The van der Waals surface area contributed by atoms with E-state index in [1.165, 1.54) is 11.8 Å². The average Bonchev–Trinajstić information content (AvgIpc) is 3.60. The Hall–Kier alpha value is -3.52. The molecule has 0 bridgehead atoms. The summed E-state index contributed by atoms with van der Waals surface area (Å²) < 4.78 is 6.15. The van der Waals surface area contributed by atoms with Crippen molar-refractivity contribution >= 4 is 28.7 Å². The van der Waals surface area contributed by atoms with Crippen LogP contribution in [-0.2, 0) is 9.59 Å². The molecule has 38 heavy (non-hydrogen) atoms. The van der Waals surface area contributed by atoms with Crippen molar-refractivity contribution in [2.75, 3.05) is 26.2 Å². The summed E-state index contributed by atoms with van der Waals surface area (Å²) in [4.78, 5) is 37.8. The highest BCUT2D eigenvalue weighted by Crippen LogP contribution is 2.45. The summed E-state index contributed by atoms with van der Waals surface area (Å²) in [5.74, 6) is 1.53. The predicted octanol–water partition coefficient (Wildman–Crippen LogP) is 5.93. The number of fused-ring (bicyclic) bond motifs is 1. The molecule has 0 N–H and O–H groups in total. The number of hydrogen-bond acceptors (Lipinski definition) is 6. The van der Waals surface area contributed by atoms with Gasteiger partial charge in [0.05, 0.1) is 23.7 Å². The summed E-state index contributed by atoms with van der Waals surface area (Å²) >= 11 is 1.51. The Labute approximate surface area is 228 Å². The quantitative estimate of drug-likeness (QED) is 0.423. The Morgan fingerprint density at radius 3 is 2.45 bits per heavy atom. The minimum Gasteiger partial charge on any atom is -0.457 e. The topological polar surface area (TPSA) is 65.5 Å². The molecule has 0 radical (unpaired) electrons. The third-order valence-electron chi connectivity index (χ3n) is 7.23. The Kier molecular flexibility index (Phi) is 7.88. The molecule has 0 spiro atoms. The number of aliphatic imine (C=N–C) groups is 1. The van der Waals surface area contributed by atoms with Gasteiger partial charge in [-0.2, -0.15) is 0 Å². The van der Waals surface area contributed by atoms with E-state index < -0.39 is 6.04 Å². The first-order valence-corrected chi connectivity index (χ1v) is 14.2. The Bertz CT molecular complexity index is 1290. The van der Waals surface area contributed by atoms with E-state index in [4.69, 9.17) is 9.73 Å². The van der Waals surface area contributed by atoms with Crippen LogP contribution in [0.3, 0.4) is 0 Å². The highest BCUT2D eigenvalue weighted by molar-refractivity contribution is 8.16. The third kappa shape index (κ3) is 5.23. The normalized spacial score (nSPS) is 18.8. The van der Waals surface area contributed by atoms with Crippen LogP contribution >= 0.6 is 11.8 Å². The van der Waals surface area contributed by atoms with Gasteiger partial charge in [0.1, 0.15) is 11.5 Å². The number of amides is 2. The number of ether oxygens (including phenoxy) is 1. The predicted molar refractivity (Wildman–Crippen MR) is 152 cm³/mol. The van der Waals surface area contributed by atoms with Gasteiger partial charge in [-0.25, -0.2) is 4.99 Å². The number of allylic oxidation sites excluding steroid dienone is 1. The first-order valence-electron chi connectivity index (χ1n) is 13.3.